The van der Waals surface area contributed by atoms with E-state index in [1.807, 2.05) is 29.6 Å². The summed E-state index contributed by atoms with van der Waals surface area (Å²) in [6, 6.07) is 15.9. The van der Waals surface area contributed by atoms with Crippen molar-refractivity contribution in [3.63, 3.8) is 0 Å². The van der Waals surface area contributed by atoms with Gasteiger partial charge in [-0.05, 0) is 36.8 Å². The predicted octanol–water partition coefficient (Wildman–Crippen LogP) is 4.21. The molecule has 172 valence electrons. The minimum atomic E-state index is -0.640. The Morgan fingerprint density at radius 2 is 1.79 bits per heavy atom. The molecule has 0 saturated carbocycles. The molecular formula is C24H20ClN5O3S. The summed E-state index contributed by atoms with van der Waals surface area (Å²) >= 11 is 7.20. The number of hydrogen-bond donors (Lipinski definition) is 2. The second-order valence-electron chi connectivity index (χ2n) is 7.49. The first-order valence-electron chi connectivity index (χ1n) is 10.3. The number of halogens is 1. The normalized spacial score (nSPS) is 10.7. The van der Waals surface area contributed by atoms with Gasteiger partial charge in [-0.25, -0.2) is 9.67 Å². The third-order valence-electron chi connectivity index (χ3n) is 4.91. The summed E-state index contributed by atoms with van der Waals surface area (Å²) in [6.45, 7) is 3.66. The molecule has 0 bridgehead atoms. The molecule has 10 heteroatoms. The van der Waals surface area contributed by atoms with Gasteiger partial charge in [0.2, 0.25) is 11.3 Å². The molecule has 4 rings (SSSR count). The van der Waals surface area contributed by atoms with Crippen LogP contribution in [0.15, 0.2) is 64.8 Å². The van der Waals surface area contributed by atoms with E-state index in [2.05, 4.69) is 20.7 Å². The average Bonchev–Trinajstić information content (AvgIpc) is 3.27. The van der Waals surface area contributed by atoms with Crippen molar-refractivity contribution in [3.8, 4) is 16.9 Å². The van der Waals surface area contributed by atoms with Crippen molar-refractivity contribution >= 4 is 39.9 Å². The number of thiazole rings is 1. The highest BCUT2D eigenvalue weighted by Crippen LogP contribution is 2.25. The molecule has 2 heterocycles. The standard InChI is InChI=1S/C24H20ClN5O3S/c1-14-11-21(32)22(29-30(14)19-9-7-18(25)8-10-19)23(33)28-24-27-20(13-34-24)17-5-3-16(4-6-17)12-26-15(2)31/h3-11,13H,12H2,1-2H3,(H,26,31)(H,27,28,33). The van der Waals surface area contributed by atoms with Crippen LogP contribution in [0.1, 0.15) is 28.7 Å². The molecule has 0 unspecified atom stereocenters. The van der Waals surface area contributed by atoms with Gasteiger partial charge in [-0.2, -0.15) is 5.10 Å². The number of nitrogens with one attached hydrogen (secondary N) is 2. The number of hydrogen-bond acceptors (Lipinski definition) is 6. The van der Waals surface area contributed by atoms with Crippen LogP contribution < -0.4 is 16.1 Å². The summed E-state index contributed by atoms with van der Waals surface area (Å²) in [4.78, 5) is 40.8. The predicted molar refractivity (Wildman–Crippen MR) is 133 cm³/mol. The van der Waals surface area contributed by atoms with Gasteiger partial charge in [0, 0.05) is 41.2 Å². The van der Waals surface area contributed by atoms with Crippen LogP contribution in [0.4, 0.5) is 5.13 Å². The topological polar surface area (TPSA) is 106 Å². The van der Waals surface area contributed by atoms with Gasteiger partial charge in [0.25, 0.3) is 5.91 Å². The van der Waals surface area contributed by atoms with Crippen LogP contribution >= 0.6 is 22.9 Å². The SMILES string of the molecule is CC(=O)NCc1ccc(-c2csc(NC(=O)c3nn(-c4ccc(Cl)cc4)c(C)cc3=O)n2)cc1. The van der Waals surface area contributed by atoms with E-state index in [0.29, 0.717) is 33.8 Å². The number of anilines is 1. The van der Waals surface area contributed by atoms with Crippen molar-refractivity contribution in [1.29, 1.82) is 0 Å². The molecule has 2 N–H and O–H groups in total. The van der Waals surface area contributed by atoms with Gasteiger partial charge in [0.05, 0.1) is 11.4 Å². The highest BCUT2D eigenvalue weighted by molar-refractivity contribution is 7.14. The van der Waals surface area contributed by atoms with Crippen molar-refractivity contribution in [2.24, 2.45) is 0 Å². The Morgan fingerprint density at radius 3 is 2.47 bits per heavy atom. The molecule has 34 heavy (non-hydrogen) atoms. The van der Waals surface area contributed by atoms with Crippen LogP contribution in [-0.4, -0.2) is 26.6 Å². The third-order valence-corrected chi connectivity index (χ3v) is 5.92. The lowest BCUT2D eigenvalue weighted by Gasteiger charge is -2.11. The summed E-state index contributed by atoms with van der Waals surface area (Å²) in [5.74, 6) is -0.730. The molecule has 8 nitrogen and oxygen atoms in total. The minimum absolute atomic E-state index is 0.0908. The van der Waals surface area contributed by atoms with E-state index in [1.54, 1.807) is 31.2 Å². The molecule has 0 aliphatic heterocycles. The van der Waals surface area contributed by atoms with Crippen molar-refractivity contribution in [3.05, 3.63) is 92.2 Å². The molecule has 0 atom stereocenters. The highest BCUT2D eigenvalue weighted by atomic mass is 35.5. The Labute approximate surface area is 204 Å². The second-order valence-corrected chi connectivity index (χ2v) is 8.78. The van der Waals surface area contributed by atoms with Gasteiger partial charge in [-0.15, -0.1) is 11.3 Å². The molecule has 0 fully saturated rings. The molecule has 0 aliphatic carbocycles. The van der Waals surface area contributed by atoms with Gasteiger partial charge in [-0.1, -0.05) is 35.9 Å². The number of amides is 2. The van der Waals surface area contributed by atoms with Crippen molar-refractivity contribution in [2.45, 2.75) is 20.4 Å². The first-order chi connectivity index (χ1) is 16.3. The van der Waals surface area contributed by atoms with E-state index < -0.39 is 11.3 Å². The maximum atomic E-state index is 12.8. The van der Waals surface area contributed by atoms with E-state index in [-0.39, 0.29) is 11.6 Å². The van der Waals surface area contributed by atoms with Crippen molar-refractivity contribution < 1.29 is 9.59 Å². The Morgan fingerprint density at radius 1 is 1.09 bits per heavy atom. The maximum Gasteiger partial charge on any atom is 0.281 e. The van der Waals surface area contributed by atoms with Crippen molar-refractivity contribution in [1.82, 2.24) is 20.1 Å². The zero-order valence-corrected chi connectivity index (χ0v) is 19.9. The molecule has 0 saturated heterocycles. The number of aryl methyl sites for hydroxylation is 1. The van der Waals surface area contributed by atoms with Crippen LogP contribution in [0.5, 0.6) is 0 Å². The molecular weight excluding hydrogens is 474 g/mol. The zero-order valence-electron chi connectivity index (χ0n) is 18.3. The molecule has 0 radical (unpaired) electrons. The molecule has 0 spiro atoms. The molecule has 4 aromatic rings. The van der Waals surface area contributed by atoms with E-state index in [0.717, 1.165) is 11.1 Å². The Hall–Kier alpha value is -3.82. The summed E-state index contributed by atoms with van der Waals surface area (Å²) in [5.41, 5.74) is 3.05. The number of benzene rings is 2. The van der Waals surface area contributed by atoms with Gasteiger partial charge in [0.15, 0.2) is 10.8 Å². The average molecular weight is 494 g/mol. The maximum absolute atomic E-state index is 12.8. The quantitative estimate of drug-likeness (QED) is 0.418. The smallest absolute Gasteiger partial charge is 0.281 e. The molecule has 2 aromatic heterocycles. The van der Waals surface area contributed by atoms with Gasteiger partial charge >= 0.3 is 0 Å². The van der Waals surface area contributed by atoms with E-state index in [4.69, 9.17) is 11.6 Å². The zero-order chi connectivity index (χ0) is 24.2. The fraction of sp³-hybridized carbons (Fsp3) is 0.125. The minimum Gasteiger partial charge on any atom is -0.352 e. The summed E-state index contributed by atoms with van der Waals surface area (Å²) in [7, 11) is 0. The van der Waals surface area contributed by atoms with E-state index in [1.165, 1.54) is 29.0 Å². The van der Waals surface area contributed by atoms with Crippen LogP contribution in [0.25, 0.3) is 16.9 Å². The third kappa shape index (κ3) is 5.38. The number of carbonyl (C=O) groups excluding carboxylic acids is 2. The van der Waals surface area contributed by atoms with Crippen molar-refractivity contribution in [2.75, 3.05) is 5.32 Å². The Kier molecular flexibility index (Phi) is 6.85. The molecule has 2 amide bonds. The van der Waals surface area contributed by atoms with Gasteiger partial charge in [-0.3, -0.25) is 19.7 Å². The Balaban J connectivity index is 1.52. The largest absolute Gasteiger partial charge is 0.352 e. The van der Waals surface area contributed by atoms with Gasteiger partial charge in [0.1, 0.15) is 0 Å². The van der Waals surface area contributed by atoms with Gasteiger partial charge < -0.3 is 5.32 Å². The number of rotatable bonds is 6. The lowest BCUT2D eigenvalue weighted by Crippen LogP contribution is -2.26. The number of aromatic nitrogens is 3. The van der Waals surface area contributed by atoms with Crippen LogP contribution in [-0.2, 0) is 11.3 Å². The summed E-state index contributed by atoms with van der Waals surface area (Å²) in [5, 5.41) is 12.4. The Bertz CT molecular complexity index is 1410. The van der Waals surface area contributed by atoms with Crippen LogP contribution in [0.3, 0.4) is 0 Å². The number of nitrogens with zero attached hydrogens (tertiary/aromatic N) is 3. The fourth-order valence-corrected chi connectivity index (χ4v) is 4.03. The van der Waals surface area contributed by atoms with Crippen LogP contribution in [0.2, 0.25) is 5.02 Å². The first-order valence-corrected chi connectivity index (χ1v) is 11.5. The fourth-order valence-electron chi connectivity index (χ4n) is 3.19. The monoisotopic (exact) mass is 493 g/mol. The van der Waals surface area contributed by atoms with Crippen LogP contribution in [0, 0.1) is 6.92 Å². The van der Waals surface area contributed by atoms with E-state index in [9.17, 15) is 14.4 Å². The number of carbonyl (C=O) groups is 2. The molecule has 0 aliphatic rings. The van der Waals surface area contributed by atoms with E-state index >= 15 is 0 Å². The molecule has 2 aromatic carbocycles. The second kappa shape index (κ2) is 9.98. The first kappa shape index (κ1) is 23.3. The lowest BCUT2D eigenvalue weighted by atomic mass is 10.1. The highest BCUT2D eigenvalue weighted by Gasteiger charge is 2.17. The summed E-state index contributed by atoms with van der Waals surface area (Å²) < 4.78 is 1.52. The lowest BCUT2D eigenvalue weighted by molar-refractivity contribution is -0.119. The summed E-state index contributed by atoms with van der Waals surface area (Å²) in [6.07, 6.45) is 0.